The van der Waals surface area contributed by atoms with Crippen molar-refractivity contribution in [2.75, 3.05) is 0 Å². The largest absolute Gasteiger partial charge is 0.390 e. The van der Waals surface area contributed by atoms with Crippen LogP contribution in [-0.2, 0) is 4.74 Å². The standard InChI is InChI=1S/C6H10O4/c7-2-1-3(8)5-6(10-5)4(2)9/h2-9H,1H2/t2-,3+,4-,5-,6+/m0/s1. The fraction of sp³-hybridized carbons (Fsp3) is 1.00. The van der Waals surface area contributed by atoms with Gasteiger partial charge in [0.2, 0.25) is 0 Å². The molecule has 0 spiro atoms. The van der Waals surface area contributed by atoms with Crippen LogP contribution in [0.3, 0.4) is 0 Å². The van der Waals surface area contributed by atoms with Crippen LogP contribution in [0, 0.1) is 0 Å². The Morgan fingerprint density at radius 1 is 1.00 bits per heavy atom. The molecule has 1 heterocycles. The van der Waals surface area contributed by atoms with E-state index in [0.29, 0.717) is 0 Å². The van der Waals surface area contributed by atoms with Crippen LogP contribution < -0.4 is 0 Å². The fourth-order valence-electron chi connectivity index (χ4n) is 1.46. The molecule has 2 fully saturated rings. The van der Waals surface area contributed by atoms with E-state index in [2.05, 4.69) is 0 Å². The van der Waals surface area contributed by atoms with Gasteiger partial charge in [0.15, 0.2) is 0 Å². The molecule has 0 aromatic rings. The van der Waals surface area contributed by atoms with Gasteiger partial charge in [-0.1, -0.05) is 0 Å². The first-order chi connectivity index (χ1) is 4.70. The Morgan fingerprint density at radius 3 is 2.40 bits per heavy atom. The van der Waals surface area contributed by atoms with Crippen molar-refractivity contribution in [2.45, 2.75) is 36.9 Å². The first kappa shape index (κ1) is 6.54. The van der Waals surface area contributed by atoms with Crippen LogP contribution in [0.15, 0.2) is 0 Å². The van der Waals surface area contributed by atoms with Gasteiger partial charge in [-0.2, -0.15) is 0 Å². The maximum Gasteiger partial charge on any atom is 0.115 e. The second-order valence-electron chi connectivity index (χ2n) is 2.93. The molecule has 58 valence electrons. The molecule has 0 unspecified atom stereocenters. The highest BCUT2D eigenvalue weighted by molar-refractivity contribution is 5.03. The van der Waals surface area contributed by atoms with E-state index < -0.39 is 18.3 Å². The summed E-state index contributed by atoms with van der Waals surface area (Å²) < 4.78 is 4.91. The molecule has 1 saturated heterocycles. The van der Waals surface area contributed by atoms with Crippen molar-refractivity contribution in [2.24, 2.45) is 0 Å². The zero-order chi connectivity index (χ0) is 7.30. The molecule has 1 saturated carbocycles. The van der Waals surface area contributed by atoms with E-state index in [1.165, 1.54) is 0 Å². The highest BCUT2D eigenvalue weighted by Crippen LogP contribution is 2.36. The van der Waals surface area contributed by atoms with Crippen LogP contribution in [0.25, 0.3) is 0 Å². The van der Waals surface area contributed by atoms with Gasteiger partial charge in [-0.25, -0.2) is 0 Å². The third-order valence-electron chi connectivity index (χ3n) is 2.15. The quantitative estimate of drug-likeness (QED) is 0.354. The summed E-state index contributed by atoms with van der Waals surface area (Å²) in [5, 5.41) is 27.3. The number of ether oxygens (including phenoxy) is 1. The Hall–Kier alpha value is -0.160. The van der Waals surface area contributed by atoms with Crippen LogP contribution in [0.4, 0.5) is 0 Å². The molecule has 2 rings (SSSR count). The Labute approximate surface area is 58.0 Å². The van der Waals surface area contributed by atoms with Crippen molar-refractivity contribution in [3.05, 3.63) is 0 Å². The van der Waals surface area contributed by atoms with Crippen molar-refractivity contribution in [3.63, 3.8) is 0 Å². The third-order valence-corrected chi connectivity index (χ3v) is 2.15. The maximum absolute atomic E-state index is 9.12. The SMILES string of the molecule is O[C@@H]1[C@H]2O[C@H]2[C@H](O)C[C@@H]1O. The van der Waals surface area contributed by atoms with E-state index in [4.69, 9.17) is 20.1 Å². The predicted molar refractivity (Wildman–Crippen MR) is 31.3 cm³/mol. The fourth-order valence-corrected chi connectivity index (χ4v) is 1.46. The van der Waals surface area contributed by atoms with E-state index in [9.17, 15) is 0 Å². The Bertz CT molecular complexity index is 147. The lowest BCUT2D eigenvalue weighted by atomic mass is 9.93. The van der Waals surface area contributed by atoms with E-state index in [-0.39, 0.29) is 18.6 Å². The van der Waals surface area contributed by atoms with Crippen molar-refractivity contribution in [1.29, 1.82) is 0 Å². The first-order valence-corrected chi connectivity index (χ1v) is 3.40. The topological polar surface area (TPSA) is 73.2 Å². The molecule has 4 heteroatoms. The second-order valence-corrected chi connectivity index (χ2v) is 2.93. The Morgan fingerprint density at radius 2 is 1.70 bits per heavy atom. The van der Waals surface area contributed by atoms with Crippen LogP contribution in [0.2, 0.25) is 0 Å². The van der Waals surface area contributed by atoms with Crippen molar-refractivity contribution < 1.29 is 20.1 Å². The smallest absolute Gasteiger partial charge is 0.115 e. The zero-order valence-corrected chi connectivity index (χ0v) is 5.34. The molecule has 0 bridgehead atoms. The van der Waals surface area contributed by atoms with Crippen molar-refractivity contribution in [1.82, 2.24) is 0 Å². The second kappa shape index (κ2) is 1.92. The number of rotatable bonds is 0. The summed E-state index contributed by atoms with van der Waals surface area (Å²) >= 11 is 0. The van der Waals surface area contributed by atoms with E-state index in [1.807, 2.05) is 0 Å². The maximum atomic E-state index is 9.12. The summed E-state index contributed by atoms with van der Waals surface area (Å²) in [4.78, 5) is 0. The minimum atomic E-state index is -0.821. The zero-order valence-electron chi connectivity index (χ0n) is 5.34. The van der Waals surface area contributed by atoms with Gasteiger partial charge in [-0.15, -0.1) is 0 Å². The van der Waals surface area contributed by atoms with Gasteiger partial charge in [0.1, 0.15) is 18.3 Å². The average Bonchev–Trinajstić information content (AvgIpc) is 2.61. The highest BCUT2D eigenvalue weighted by Gasteiger charge is 2.55. The van der Waals surface area contributed by atoms with Gasteiger partial charge in [0.25, 0.3) is 0 Å². The summed E-state index contributed by atoms with van der Waals surface area (Å²) in [5.41, 5.74) is 0. The average molecular weight is 146 g/mol. The minimum Gasteiger partial charge on any atom is -0.390 e. The summed E-state index contributed by atoms with van der Waals surface area (Å²) in [6, 6.07) is 0. The van der Waals surface area contributed by atoms with Crippen LogP contribution >= 0.6 is 0 Å². The number of hydrogen-bond donors (Lipinski definition) is 3. The number of aliphatic hydroxyl groups excluding tert-OH is 3. The molecule has 0 aromatic carbocycles. The lowest BCUT2D eigenvalue weighted by Crippen LogP contribution is -2.42. The molecule has 1 aliphatic heterocycles. The molecule has 4 nitrogen and oxygen atoms in total. The van der Waals surface area contributed by atoms with Crippen LogP contribution in [0.5, 0.6) is 0 Å². The summed E-state index contributed by atoms with van der Waals surface area (Å²) in [5.74, 6) is 0. The molecule has 0 radical (unpaired) electrons. The van der Waals surface area contributed by atoms with Crippen molar-refractivity contribution in [3.8, 4) is 0 Å². The molecule has 3 N–H and O–H groups in total. The van der Waals surface area contributed by atoms with E-state index >= 15 is 0 Å². The molecule has 2 aliphatic rings. The van der Waals surface area contributed by atoms with Gasteiger partial charge >= 0.3 is 0 Å². The number of aliphatic hydroxyl groups is 3. The summed E-state index contributed by atoms with van der Waals surface area (Å²) in [6.07, 6.45) is -2.53. The van der Waals surface area contributed by atoms with Crippen molar-refractivity contribution >= 4 is 0 Å². The van der Waals surface area contributed by atoms with Gasteiger partial charge in [0.05, 0.1) is 12.2 Å². The molecule has 1 aliphatic carbocycles. The number of fused-ring (bicyclic) bond motifs is 1. The van der Waals surface area contributed by atoms with Gasteiger partial charge in [0, 0.05) is 6.42 Å². The van der Waals surface area contributed by atoms with Gasteiger partial charge in [-0.05, 0) is 0 Å². The summed E-state index contributed by atoms with van der Waals surface area (Å²) in [7, 11) is 0. The Kier molecular flexibility index (Phi) is 1.25. The normalized spacial score (nSPS) is 59.7. The monoisotopic (exact) mass is 146 g/mol. The van der Waals surface area contributed by atoms with Crippen LogP contribution in [-0.4, -0.2) is 45.8 Å². The molecule has 0 aromatic heterocycles. The third kappa shape index (κ3) is 0.769. The Balaban J connectivity index is 2.05. The highest BCUT2D eigenvalue weighted by atomic mass is 16.6. The molecule has 0 amide bonds. The lowest BCUT2D eigenvalue weighted by Gasteiger charge is -2.22. The predicted octanol–water partition coefficient (Wildman–Crippen LogP) is -1.76. The van der Waals surface area contributed by atoms with E-state index in [0.717, 1.165) is 0 Å². The molecule has 10 heavy (non-hydrogen) atoms. The molecule has 5 atom stereocenters. The lowest BCUT2D eigenvalue weighted by molar-refractivity contribution is -0.0336. The van der Waals surface area contributed by atoms with Gasteiger partial charge < -0.3 is 20.1 Å². The first-order valence-electron chi connectivity index (χ1n) is 3.40. The minimum absolute atomic E-state index is 0.224. The molecular formula is C6H10O4. The summed E-state index contributed by atoms with van der Waals surface area (Å²) in [6.45, 7) is 0. The van der Waals surface area contributed by atoms with E-state index in [1.54, 1.807) is 0 Å². The number of epoxide rings is 1. The van der Waals surface area contributed by atoms with Gasteiger partial charge in [-0.3, -0.25) is 0 Å². The number of hydrogen-bond acceptors (Lipinski definition) is 4. The van der Waals surface area contributed by atoms with Crippen LogP contribution in [0.1, 0.15) is 6.42 Å². The molecular weight excluding hydrogens is 136 g/mol.